The summed E-state index contributed by atoms with van der Waals surface area (Å²) in [5, 5.41) is 0.165. The minimum Gasteiger partial charge on any atom is -0.463 e. The summed E-state index contributed by atoms with van der Waals surface area (Å²) < 4.78 is 11.2. The first-order valence-electron chi connectivity index (χ1n) is 7.04. The third kappa shape index (κ3) is 6.39. The van der Waals surface area contributed by atoms with Crippen molar-refractivity contribution in [2.75, 3.05) is 6.61 Å². The Hall–Kier alpha value is -0.613. The SMILES string of the molecule is CCOC(=O)/C=C/[C@H](O[Si](C)(C)C(C)(C)C)C(C)C. The van der Waals surface area contributed by atoms with Crippen LogP contribution in [-0.4, -0.2) is 27.0 Å². The lowest BCUT2D eigenvalue weighted by molar-refractivity contribution is -0.137. The van der Waals surface area contributed by atoms with E-state index in [1.54, 1.807) is 6.92 Å². The second-order valence-corrected chi connectivity index (χ2v) is 11.5. The molecule has 0 aromatic carbocycles. The molecule has 112 valence electrons. The van der Waals surface area contributed by atoms with Crippen LogP contribution in [-0.2, 0) is 14.0 Å². The van der Waals surface area contributed by atoms with E-state index in [0.29, 0.717) is 12.5 Å². The highest BCUT2D eigenvalue weighted by atomic mass is 28.4. The van der Waals surface area contributed by atoms with E-state index in [4.69, 9.17) is 9.16 Å². The number of esters is 1. The average molecular weight is 286 g/mol. The topological polar surface area (TPSA) is 35.5 Å². The molecule has 0 aromatic rings. The van der Waals surface area contributed by atoms with Gasteiger partial charge in [-0.2, -0.15) is 0 Å². The van der Waals surface area contributed by atoms with E-state index in [0.717, 1.165) is 0 Å². The first-order chi connectivity index (χ1) is 8.51. The molecule has 0 aliphatic heterocycles. The van der Waals surface area contributed by atoms with Gasteiger partial charge in [-0.15, -0.1) is 0 Å². The van der Waals surface area contributed by atoms with Crippen molar-refractivity contribution in [3.8, 4) is 0 Å². The maximum absolute atomic E-state index is 11.4. The van der Waals surface area contributed by atoms with Gasteiger partial charge in [0.2, 0.25) is 0 Å². The van der Waals surface area contributed by atoms with Gasteiger partial charge in [0.05, 0.1) is 12.7 Å². The van der Waals surface area contributed by atoms with E-state index in [2.05, 4.69) is 47.7 Å². The van der Waals surface area contributed by atoms with Crippen LogP contribution in [0.15, 0.2) is 12.2 Å². The lowest BCUT2D eigenvalue weighted by atomic mass is 10.1. The Labute approximate surface area is 119 Å². The van der Waals surface area contributed by atoms with Gasteiger partial charge in [-0.05, 0) is 37.0 Å². The molecular weight excluding hydrogens is 256 g/mol. The summed E-state index contributed by atoms with van der Waals surface area (Å²) in [6.07, 6.45) is 3.29. The molecule has 0 saturated heterocycles. The van der Waals surface area contributed by atoms with Crippen LogP contribution in [0.3, 0.4) is 0 Å². The third-order valence-corrected chi connectivity index (χ3v) is 8.08. The summed E-state index contributed by atoms with van der Waals surface area (Å²) in [7, 11) is -1.82. The fourth-order valence-electron chi connectivity index (χ4n) is 1.28. The van der Waals surface area contributed by atoms with E-state index >= 15 is 0 Å². The van der Waals surface area contributed by atoms with E-state index in [1.165, 1.54) is 6.08 Å². The molecule has 0 amide bonds. The van der Waals surface area contributed by atoms with Crippen LogP contribution in [0.25, 0.3) is 0 Å². The molecule has 3 nitrogen and oxygen atoms in total. The Morgan fingerprint density at radius 2 is 1.79 bits per heavy atom. The molecule has 0 unspecified atom stereocenters. The van der Waals surface area contributed by atoms with Crippen LogP contribution in [0.1, 0.15) is 41.5 Å². The molecule has 0 aliphatic carbocycles. The fraction of sp³-hybridized carbons (Fsp3) is 0.800. The lowest BCUT2D eigenvalue weighted by Gasteiger charge is -2.39. The molecule has 0 radical (unpaired) electrons. The van der Waals surface area contributed by atoms with Gasteiger partial charge in [-0.1, -0.05) is 34.6 Å². The Morgan fingerprint density at radius 1 is 1.26 bits per heavy atom. The highest BCUT2D eigenvalue weighted by Gasteiger charge is 2.39. The molecular formula is C15H30O3Si. The van der Waals surface area contributed by atoms with E-state index < -0.39 is 8.32 Å². The molecule has 0 saturated carbocycles. The van der Waals surface area contributed by atoms with Crippen molar-refractivity contribution in [1.29, 1.82) is 0 Å². The number of hydrogen-bond donors (Lipinski definition) is 0. The molecule has 0 rings (SSSR count). The zero-order chi connectivity index (χ0) is 15.3. The number of carbonyl (C=O) groups is 1. The van der Waals surface area contributed by atoms with Crippen molar-refractivity contribution in [1.82, 2.24) is 0 Å². The first kappa shape index (κ1) is 18.4. The Bertz CT molecular complexity index is 314. The average Bonchev–Trinajstić information content (AvgIpc) is 2.22. The van der Waals surface area contributed by atoms with Gasteiger partial charge in [0.15, 0.2) is 8.32 Å². The summed E-state index contributed by atoms with van der Waals surface area (Å²) in [5.41, 5.74) is 0. The lowest BCUT2D eigenvalue weighted by Crippen LogP contribution is -2.44. The molecule has 0 heterocycles. The minimum absolute atomic E-state index is 0.0368. The predicted octanol–water partition coefficient (Wildman–Crippen LogP) is 4.15. The van der Waals surface area contributed by atoms with Crippen LogP contribution in [0.5, 0.6) is 0 Å². The monoisotopic (exact) mass is 286 g/mol. The zero-order valence-corrected chi connectivity index (χ0v) is 14.7. The van der Waals surface area contributed by atoms with Gasteiger partial charge in [0.25, 0.3) is 0 Å². The molecule has 0 bridgehead atoms. The molecule has 0 fully saturated rings. The fourth-order valence-corrected chi connectivity index (χ4v) is 2.66. The molecule has 19 heavy (non-hydrogen) atoms. The minimum atomic E-state index is -1.82. The normalized spacial score (nSPS) is 15.0. The van der Waals surface area contributed by atoms with Gasteiger partial charge in [0.1, 0.15) is 0 Å². The van der Waals surface area contributed by atoms with Crippen molar-refractivity contribution in [2.24, 2.45) is 5.92 Å². The molecule has 0 aliphatic rings. The number of rotatable bonds is 6. The second kappa shape index (κ2) is 7.24. The van der Waals surface area contributed by atoms with Crippen molar-refractivity contribution in [3.05, 3.63) is 12.2 Å². The quantitative estimate of drug-likeness (QED) is 0.418. The van der Waals surface area contributed by atoms with E-state index in [-0.39, 0.29) is 17.1 Å². The second-order valence-electron chi connectivity index (χ2n) is 6.70. The van der Waals surface area contributed by atoms with Crippen molar-refractivity contribution in [3.63, 3.8) is 0 Å². The summed E-state index contributed by atoms with van der Waals surface area (Å²) in [6, 6.07) is 0. The van der Waals surface area contributed by atoms with Crippen LogP contribution in [0.2, 0.25) is 18.1 Å². The Balaban J connectivity index is 4.82. The molecule has 4 heteroatoms. The molecule has 0 aromatic heterocycles. The van der Waals surface area contributed by atoms with Crippen LogP contribution >= 0.6 is 0 Å². The smallest absolute Gasteiger partial charge is 0.330 e. The number of carbonyl (C=O) groups excluding carboxylic acids is 1. The predicted molar refractivity (Wildman–Crippen MR) is 82.7 cm³/mol. The summed E-state index contributed by atoms with van der Waals surface area (Å²) in [5.74, 6) is 0.0341. The Morgan fingerprint density at radius 3 is 2.16 bits per heavy atom. The molecule has 0 N–H and O–H groups in total. The molecule has 0 spiro atoms. The third-order valence-electron chi connectivity index (χ3n) is 3.60. The van der Waals surface area contributed by atoms with Crippen LogP contribution < -0.4 is 0 Å². The number of ether oxygens (including phenoxy) is 1. The summed E-state index contributed by atoms with van der Waals surface area (Å²) in [4.78, 5) is 11.4. The van der Waals surface area contributed by atoms with Crippen molar-refractivity contribution < 1.29 is 14.0 Å². The summed E-state index contributed by atoms with van der Waals surface area (Å²) in [6.45, 7) is 17.5. The largest absolute Gasteiger partial charge is 0.463 e. The van der Waals surface area contributed by atoms with Crippen LogP contribution in [0, 0.1) is 5.92 Å². The van der Waals surface area contributed by atoms with Gasteiger partial charge in [-0.3, -0.25) is 0 Å². The van der Waals surface area contributed by atoms with Gasteiger partial charge in [0, 0.05) is 6.08 Å². The van der Waals surface area contributed by atoms with Crippen molar-refractivity contribution in [2.45, 2.75) is 65.8 Å². The standard InChI is InChI=1S/C15H30O3Si/c1-9-17-14(16)11-10-13(12(2)3)18-19(7,8)15(4,5)6/h10-13H,9H2,1-8H3/b11-10+/t13-/m0/s1. The van der Waals surface area contributed by atoms with Crippen LogP contribution in [0.4, 0.5) is 0 Å². The van der Waals surface area contributed by atoms with Crippen molar-refractivity contribution >= 4 is 14.3 Å². The first-order valence-corrected chi connectivity index (χ1v) is 9.95. The zero-order valence-electron chi connectivity index (χ0n) is 13.7. The number of hydrogen-bond acceptors (Lipinski definition) is 3. The van der Waals surface area contributed by atoms with E-state index in [9.17, 15) is 4.79 Å². The van der Waals surface area contributed by atoms with Gasteiger partial charge < -0.3 is 9.16 Å². The Kier molecular flexibility index (Phi) is 7.01. The summed E-state index contributed by atoms with van der Waals surface area (Å²) >= 11 is 0. The highest BCUT2D eigenvalue weighted by molar-refractivity contribution is 6.74. The maximum atomic E-state index is 11.4. The van der Waals surface area contributed by atoms with Gasteiger partial charge >= 0.3 is 5.97 Å². The highest BCUT2D eigenvalue weighted by Crippen LogP contribution is 2.38. The van der Waals surface area contributed by atoms with Gasteiger partial charge in [-0.25, -0.2) is 4.79 Å². The van der Waals surface area contributed by atoms with E-state index in [1.807, 2.05) is 6.08 Å². The maximum Gasteiger partial charge on any atom is 0.330 e. The molecule has 1 atom stereocenters.